The third-order valence-electron chi connectivity index (χ3n) is 4.27. The molecule has 2 amide bonds. The second-order valence-corrected chi connectivity index (χ2v) is 8.76. The highest BCUT2D eigenvalue weighted by Crippen LogP contribution is 2.58. The number of amides is 2. The van der Waals surface area contributed by atoms with Gasteiger partial charge in [0, 0.05) is 0 Å². The van der Waals surface area contributed by atoms with Crippen molar-refractivity contribution < 1.29 is 23.8 Å². The fraction of sp³-hybridized carbons (Fsp3) is 0.875. The van der Waals surface area contributed by atoms with Crippen molar-refractivity contribution in [3.05, 3.63) is 0 Å². The average Bonchev–Trinajstić information content (AvgIpc) is 2.63. The number of rotatable bonds is 0. The van der Waals surface area contributed by atoms with Gasteiger partial charge in [-0.2, -0.15) is 0 Å². The van der Waals surface area contributed by atoms with E-state index >= 15 is 0 Å². The van der Waals surface area contributed by atoms with Gasteiger partial charge in [0.1, 0.15) is 22.4 Å². The van der Waals surface area contributed by atoms with Crippen molar-refractivity contribution >= 4 is 12.2 Å². The maximum Gasteiger partial charge on any atom is 0.410 e. The highest BCUT2D eigenvalue weighted by atomic mass is 16.7. The number of hydrogen-bond donors (Lipinski definition) is 0. The fourth-order valence-electron chi connectivity index (χ4n) is 3.41. The van der Waals surface area contributed by atoms with Crippen LogP contribution in [0.25, 0.3) is 0 Å². The topological polar surface area (TPSA) is 71.6 Å². The van der Waals surface area contributed by atoms with Crippen molar-refractivity contribution in [3.8, 4) is 0 Å². The molecule has 3 aliphatic heterocycles. The predicted octanol–water partition coefficient (Wildman–Crippen LogP) is 2.00. The molecule has 0 aromatic carbocycles. The molecule has 0 N–H and O–H groups in total. The number of likely N-dealkylation sites (tertiary alicyclic amines) is 2. The first-order valence-corrected chi connectivity index (χ1v) is 8.01. The molecule has 7 heteroatoms. The molecule has 0 aliphatic carbocycles. The van der Waals surface area contributed by atoms with Gasteiger partial charge in [-0.15, -0.1) is 0 Å². The molecule has 3 saturated heterocycles. The van der Waals surface area contributed by atoms with Gasteiger partial charge < -0.3 is 24.0 Å². The molecule has 3 rings (SSSR count). The molecule has 0 radical (unpaired) electrons. The summed E-state index contributed by atoms with van der Waals surface area (Å²) in [6.45, 7) is 12.9. The highest BCUT2D eigenvalue weighted by Gasteiger charge is 2.80. The molecule has 3 heterocycles. The average molecular weight is 326 g/mol. The Morgan fingerprint density at radius 1 is 0.783 bits per heavy atom. The van der Waals surface area contributed by atoms with Crippen LogP contribution in [-0.4, -0.2) is 70.6 Å². The summed E-state index contributed by atoms with van der Waals surface area (Å²) < 4.78 is 16.7. The highest BCUT2D eigenvalue weighted by molar-refractivity contribution is 5.72. The molecule has 0 atom stereocenters. The van der Waals surface area contributed by atoms with Crippen LogP contribution in [-0.2, 0) is 14.2 Å². The van der Waals surface area contributed by atoms with Crippen LogP contribution in [0.1, 0.15) is 41.5 Å². The SMILES string of the molecule is CC(C)(C)OC(=O)N1CC23CN(C(=O)OC(C)(C)C)CC2(C1)O3. The van der Waals surface area contributed by atoms with Crippen LogP contribution < -0.4 is 0 Å². The van der Waals surface area contributed by atoms with Crippen LogP contribution in [0.5, 0.6) is 0 Å². The van der Waals surface area contributed by atoms with Crippen LogP contribution in [0.4, 0.5) is 9.59 Å². The second kappa shape index (κ2) is 4.53. The van der Waals surface area contributed by atoms with E-state index in [1.807, 2.05) is 41.5 Å². The maximum atomic E-state index is 12.2. The number of carbonyl (C=O) groups is 2. The quantitative estimate of drug-likeness (QED) is 0.637. The third kappa shape index (κ3) is 2.86. The Hall–Kier alpha value is -1.50. The van der Waals surface area contributed by atoms with Gasteiger partial charge in [0.15, 0.2) is 0 Å². The van der Waals surface area contributed by atoms with Crippen molar-refractivity contribution in [2.45, 2.75) is 63.9 Å². The maximum absolute atomic E-state index is 12.2. The van der Waals surface area contributed by atoms with Gasteiger partial charge in [0.25, 0.3) is 0 Å². The first-order valence-electron chi connectivity index (χ1n) is 8.01. The van der Waals surface area contributed by atoms with E-state index in [0.717, 1.165) is 0 Å². The van der Waals surface area contributed by atoms with Gasteiger partial charge in [-0.1, -0.05) is 0 Å². The Labute approximate surface area is 136 Å². The monoisotopic (exact) mass is 326 g/mol. The van der Waals surface area contributed by atoms with Gasteiger partial charge in [-0.25, -0.2) is 9.59 Å². The number of epoxide rings is 1. The van der Waals surface area contributed by atoms with Gasteiger partial charge in [0.05, 0.1) is 26.2 Å². The van der Waals surface area contributed by atoms with E-state index in [-0.39, 0.29) is 12.2 Å². The summed E-state index contributed by atoms with van der Waals surface area (Å²) in [5.74, 6) is 0. The standard InChI is InChI=1S/C16H26N2O5/c1-13(2,3)21-11(19)17-7-15-9-18(10-16(15,8-17)23-15)12(20)22-14(4,5)6/h7-10H2,1-6H3. The lowest BCUT2D eigenvalue weighted by molar-refractivity contribution is -0.00396. The van der Waals surface area contributed by atoms with Gasteiger partial charge >= 0.3 is 12.2 Å². The van der Waals surface area contributed by atoms with E-state index < -0.39 is 22.4 Å². The lowest BCUT2D eigenvalue weighted by Gasteiger charge is -2.30. The normalized spacial score (nSPS) is 32.4. The Morgan fingerprint density at radius 2 is 1.09 bits per heavy atom. The number of ether oxygens (including phenoxy) is 3. The van der Waals surface area contributed by atoms with Crippen LogP contribution >= 0.6 is 0 Å². The zero-order valence-electron chi connectivity index (χ0n) is 14.8. The zero-order valence-corrected chi connectivity index (χ0v) is 14.8. The Kier molecular flexibility index (Phi) is 3.22. The summed E-state index contributed by atoms with van der Waals surface area (Å²) in [7, 11) is 0. The first-order chi connectivity index (χ1) is 10.3. The number of carbonyl (C=O) groups excluding carboxylic acids is 2. The van der Waals surface area contributed by atoms with Crippen molar-refractivity contribution in [1.82, 2.24) is 9.80 Å². The molecule has 130 valence electrons. The molecular weight excluding hydrogens is 300 g/mol. The largest absolute Gasteiger partial charge is 0.444 e. The van der Waals surface area contributed by atoms with Crippen molar-refractivity contribution in [3.63, 3.8) is 0 Å². The van der Waals surface area contributed by atoms with E-state index in [1.54, 1.807) is 9.80 Å². The van der Waals surface area contributed by atoms with Crippen molar-refractivity contribution in [1.29, 1.82) is 0 Å². The molecule has 3 aliphatic rings. The van der Waals surface area contributed by atoms with E-state index in [0.29, 0.717) is 26.2 Å². The van der Waals surface area contributed by atoms with E-state index in [1.165, 1.54) is 0 Å². The lowest BCUT2D eigenvalue weighted by Crippen LogP contribution is -2.46. The minimum Gasteiger partial charge on any atom is -0.444 e. The van der Waals surface area contributed by atoms with Crippen LogP contribution in [0.3, 0.4) is 0 Å². The third-order valence-corrected chi connectivity index (χ3v) is 4.27. The van der Waals surface area contributed by atoms with Crippen LogP contribution in [0, 0.1) is 0 Å². The van der Waals surface area contributed by atoms with E-state index in [4.69, 9.17) is 14.2 Å². The Morgan fingerprint density at radius 3 is 1.35 bits per heavy atom. The van der Waals surface area contributed by atoms with Crippen LogP contribution in [0.15, 0.2) is 0 Å². The van der Waals surface area contributed by atoms with E-state index in [9.17, 15) is 9.59 Å². The summed E-state index contributed by atoms with van der Waals surface area (Å²) in [6, 6.07) is 0. The fourth-order valence-corrected chi connectivity index (χ4v) is 3.41. The molecular formula is C16H26N2O5. The number of nitrogens with zero attached hydrogens (tertiary/aromatic N) is 2. The van der Waals surface area contributed by atoms with E-state index in [2.05, 4.69) is 0 Å². The summed E-state index contributed by atoms with van der Waals surface area (Å²) in [4.78, 5) is 27.8. The Balaban J connectivity index is 1.60. The molecule has 0 aromatic rings. The van der Waals surface area contributed by atoms with Gasteiger partial charge in [-0.05, 0) is 41.5 Å². The first kappa shape index (κ1) is 16.4. The summed E-state index contributed by atoms with van der Waals surface area (Å²) in [5.41, 5.74) is -1.92. The summed E-state index contributed by atoms with van der Waals surface area (Å²) in [6.07, 6.45) is -0.643. The smallest absolute Gasteiger partial charge is 0.410 e. The summed E-state index contributed by atoms with van der Waals surface area (Å²) >= 11 is 0. The number of morpholine rings is 2. The van der Waals surface area contributed by atoms with Crippen molar-refractivity contribution in [2.24, 2.45) is 0 Å². The minimum absolute atomic E-state index is 0.322. The minimum atomic E-state index is -0.516. The molecule has 0 spiro atoms. The molecule has 0 unspecified atom stereocenters. The second-order valence-electron chi connectivity index (χ2n) is 8.76. The molecule has 7 nitrogen and oxygen atoms in total. The van der Waals surface area contributed by atoms with Crippen molar-refractivity contribution in [2.75, 3.05) is 26.2 Å². The summed E-state index contributed by atoms with van der Waals surface area (Å²) in [5, 5.41) is 0. The molecule has 23 heavy (non-hydrogen) atoms. The van der Waals surface area contributed by atoms with Crippen LogP contribution in [0.2, 0.25) is 0 Å². The number of hydrogen-bond acceptors (Lipinski definition) is 5. The predicted molar refractivity (Wildman–Crippen MR) is 82.2 cm³/mol. The van der Waals surface area contributed by atoms with Gasteiger partial charge in [0.2, 0.25) is 0 Å². The molecule has 0 bridgehead atoms. The Bertz CT molecular complexity index is 486. The molecule has 3 fully saturated rings. The molecule has 0 saturated carbocycles. The molecule has 0 aromatic heterocycles. The van der Waals surface area contributed by atoms with Gasteiger partial charge in [-0.3, -0.25) is 0 Å². The zero-order chi connectivity index (χ0) is 17.3. The lowest BCUT2D eigenvalue weighted by atomic mass is 10.0.